The summed E-state index contributed by atoms with van der Waals surface area (Å²) in [4.78, 5) is 26.5. The molecule has 0 radical (unpaired) electrons. The van der Waals surface area contributed by atoms with Gasteiger partial charge in [0.15, 0.2) is 0 Å². The van der Waals surface area contributed by atoms with E-state index in [0.29, 0.717) is 6.54 Å². The molecule has 5 nitrogen and oxygen atoms in total. The summed E-state index contributed by atoms with van der Waals surface area (Å²) in [7, 11) is 0. The zero-order valence-corrected chi connectivity index (χ0v) is 11.1. The fourth-order valence-electron chi connectivity index (χ4n) is 2.13. The van der Waals surface area contributed by atoms with Crippen LogP contribution in [0.5, 0.6) is 0 Å². The molecule has 1 saturated heterocycles. The highest BCUT2D eigenvalue weighted by Crippen LogP contribution is 2.16. The van der Waals surface area contributed by atoms with E-state index in [1.165, 1.54) is 21.9 Å². The Morgan fingerprint density at radius 1 is 1.25 bits per heavy atom. The summed E-state index contributed by atoms with van der Waals surface area (Å²) in [5, 5.41) is 8.78. The minimum absolute atomic E-state index is 0.00345. The van der Waals surface area contributed by atoms with Crippen LogP contribution in [-0.2, 0) is 16.1 Å². The van der Waals surface area contributed by atoms with E-state index >= 15 is 0 Å². The minimum atomic E-state index is -0.631. The second-order valence-corrected chi connectivity index (χ2v) is 4.55. The molecule has 0 spiro atoms. The molecule has 0 N–H and O–H groups in total. The molecule has 0 aromatic heterocycles. The lowest BCUT2D eigenvalue weighted by Gasteiger charge is -2.33. The number of carbonyl (C=O) groups is 2. The molecule has 1 aliphatic rings. The van der Waals surface area contributed by atoms with Crippen molar-refractivity contribution in [3.05, 3.63) is 35.1 Å². The van der Waals surface area contributed by atoms with Crippen molar-refractivity contribution in [2.45, 2.75) is 13.5 Å². The van der Waals surface area contributed by atoms with Crippen molar-refractivity contribution in [2.24, 2.45) is 0 Å². The van der Waals surface area contributed by atoms with Gasteiger partial charge in [-0.2, -0.15) is 5.26 Å². The standard InChI is InChI=1S/C14H14FN3O2/c1-2-17-8-13(20)18(9-12(17)19)7-11-5-3-4-10(6-16)14(11)15/h3-5H,2,7-9H2,1H3. The third kappa shape index (κ3) is 2.62. The molecule has 0 saturated carbocycles. The summed E-state index contributed by atoms with van der Waals surface area (Å²) < 4.78 is 13.9. The first-order valence-electron chi connectivity index (χ1n) is 6.29. The van der Waals surface area contributed by atoms with Crippen LogP contribution in [0.3, 0.4) is 0 Å². The van der Waals surface area contributed by atoms with Crippen molar-refractivity contribution >= 4 is 11.8 Å². The Kier molecular flexibility index (Phi) is 3.99. The van der Waals surface area contributed by atoms with Crippen LogP contribution >= 0.6 is 0 Å². The third-order valence-corrected chi connectivity index (χ3v) is 3.30. The number of likely N-dealkylation sites (N-methyl/N-ethyl adjacent to an activating group) is 1. The summed E-state index contributed by atoms with van der Waals surface area (Å²) >= 11 is 0. The fourth-order valence-corrected chi connectivity index (χ4v) is 2.13. The minimum Gasteiger partial charge on any atom is -0.332 e. The summed E-state index contributed by atoms with van der Waals surface area (Å²) in [5.41, 5.74) is 0.184. The summed E-state index contributed by atoms with van der Waals surface area (Å²) in [5.74, 6) is -0.995. The average molecular weight is 275 g/mol. The van der Waals surface area contributed by atoms with E-state index in [0.717, 1.165) is 0 Å². The van der Waals surface area contributed by atoms with Gasteiger partial charge in [-0.25, -0.2) is 4.39 Å². The van der Waals surface area contributed by atoms with E-state index in [1.54, 1.807) is 19.1 Å². The van der Waals surface area contributed by atoms with Gasteiger partial charge >= 0.3 is 0 Å². The summed E-state index contributed by atoms with van der Waals surface area (Å²) in [6.45, 7) is 2.26. The maximum atomic E-state index is 13.9. The fraction of sp³-hybridized carbons (Fsp3) is 0.357. The molecular weight excluding hydrogens is 261 g/mol. The summed E-state index contributed by atoms with van der Waals surface area (Å²) in [6, 6.07) is 6.21. The van der Waals surface area contributed by atoms with E-state index < -0.39 is 5.82 Å². The van der Waals surface area contributed by atoms with Crippen molar-refractivity contribution in [1.82, 2.24) is 9.80 Å². The molecule has 1 fully saturated rings. The molecule has 104 valence electrons. The monoisotopic (exact) mass is 275 g/mol. The number of hydrogen-bond donors (Lipinski definition) is 0. The normalized spacial score (nSPS) is 15.4. The lowest BCUT2D eigenvalue weighted by atomic mass is 10.1. The van der Waals surface area contributed by atoms with Crippen LogP contribution in [0.4, 0.5) is 4.39 Å². The van der Waals surface area contributed by atoms with Gasteiger partial charge in [-0.1, -0.05) is 12.1 Å². The van der Waals surface area contributed by atoms with Gasteiger partial charge in [-0.3, -0.25) is 9.59 Å². The molecule has 2 rings (SSSR count). The number of benzene rings is 1. The highest BCUT2D eigenvalue weighted by Gasteiger charge is 2.29. The molecule has 1 aromatic carbocycles. The van der Waals surface area contributed by atoms with Crippen molar-refractivity contribution in [2.75, 3.05) is 19.6 Å². The van der Waals surface area contributed by atoms with E-state index in [-0.39, 0.29) is 42.6 Å². The number of halogens is 1. The summed E-state index contributed by atoms with van der Waals surface area (Å²) in [6.07, 6.45) is 0. The number of carbonyl (C=O) groups excluding carboxylic acids is 2. The largest absolute Gasteiger partial charge is 0.332 e. The van der Waals surface area contributed by atoms with Gasteiger partial charge in [-0.15, -0.1) is 0 Å². The highest BCUT2D eigenvalue weighted by molar-refractivity contribution is 5.92. The van der Waals surface area contributed by atoms with Gasteiger partial charge in [-0.05, 0) is 13.0 Å². The van der Waals surface area contributed by atoms with Gasteiger partial charge in [0.1, 0.15) is 18.4 Å². The topological polar surface area (TPSA) is 64.4 Å². The second-order valence-electron chi connectivity index (χ2n) is 4.55. The Hall–Kier alpha value is -2.42. The van der Waals surface area contributed by atoms with Crippen LogP contribution < -0.4 is 0 Å². The van der Waals surface area contributed by atoms with Crippen molar-refractivity contribution < 1.29 is 14.0 Å². The molecule has 0 bridgehead atoms. The van der Waals surface area contributed by atoms with Crippen LogP contribution in [0.1, 0.15) is 18.1 Å². The number of piperazine rings is 1. The van der Waals surface area contributed by atoms with E-state index in [4.69, 9.17) is 5.26 Å². The van der Waals surface area contributed by atoms with Crippen LogP contribution in [-0.4, -0.2) is 41.2 Å². The van der Waals surface area contributed by atoms with Gasteiger partial charge in [0, 0.05) is 18.7 Å². The average Bonchev–Trinajstić information content (AvgIpc) is 2.44. The maximum absolute atomic E-state index is 13.9. The zero-order chi connectivity index (χ0) is 14.7. The van der Waals surface area contributed by atoms with Gasteiger partial charge < -0.3 is 9.80 Å². The molecule has 0 aliphatic carbocycles. The molecule has 1 aromatic rings. The van der Waals surface area contributed by atoms with E-state index in [2.05, 4.69) is 0 Å². The van der Waals surface area contributed by atoms with E-state index in [1.807, 2.05) is 0 Å². The Morgan fingerprint density at radius 3 is 2.55 bits per heavy atom. The smallest absolute Gasteiger partial charge is 0.242 e. The molecule has 6 heteroatoms. The van der Waals surface area contributed by atoms with Gasteiger partial charge in [0.05, 0.1) is 12.1 Å². The number of hydrogen-bond acceptors (Lipinski definition) is 3. The quantitative estimate of drug-likeness (QED) is 0.823. The van der Waals surface area contributed by atoms with Crippen LogP contribution in [0.2, 0.25) is 0 Å². The zero-order valence-electron chi connectivity index (χ0n) is 11.1. The van der Waals surface area contributed by atoms with Crippen molar-refractivity contribution in [3.63, 3.8) is 0 Å². The maximum Gasteiger partial charge on any atom is 0.242 e. The van der Waals surface area contributed by atoms with E-state index in [9.17, 15) is 14.0 Å². The third-order valence-electron chi connectivity index (χ3n) is 3.30. The van der Waals surface area contributed by atoms with Gasteiger partial charge in [0.2, 0.25) is 11.8 Å². The predicted octanol–water partition coefficient (Wildman–Crippen LogP) is 0.888. The van der Waals surface area contributed by atoms with Crippen molar-refractivity contribution in [3.8, 4) is 6.07 Å². The first kappa shape index (κ1) is 14.0. The second kappa shape index (κ2) is 5.70. The van der Waals surface area contributed by atoms with Crippen LogP contribution in [0, 0.1) is 17.1 Å². The van der Waals surface area contributed by atoms with Crippen molar-refractivity contribution in [1.29, 1.82) is 5.26 Å². The Labute approximate surface area is 116 Å². The lowest BCUT2D eigenvalue weighted by molar-refractivity contribution is -0.150. The Bertz CT molecular complexity index is 595. The molecule has 20 heavy (non-hydrogen) atoms. The predicted molar refractivity (Wildman–Crippen MR) is 68.8 cm³/mol. The first-order valence-corrected chi connectivity index (χ1v) is 6.29. The number of rotatable bonds is 3. The number of nitriles is 1. The number of nitrogens with zero attached hydrogens (tertiary/aromatic N) is 3. The SMILES string of the molecule is CCN1CC(=O)N(Cc2cccc(C#N)c2F)CC1=O. The molecule has 2 amide bonds. The van der Waals surface area contributed by atoms with Crippen LogP contribution in [0.15, 0.2) is 18.2 Å². The first-order chi connectivity index (χ1) is 9.56. The Morgan fingerprint density at radius 2 is 1.90 bits per heavy atom. The Balaban J connectivity index is 2.17. The molecule has 0 atom stereocenters. The van der Waals surface area contributed by atoms with Crippen LogP contribution in [0.25, 0.3) is 0 Å². The molecular formula is C14H14FN3O2. The molecule has 1 heterocycles. The number of amides is 2. The molecule has 1 aliphatic heterocycles. The lowest BCUT2D eigenvalue weighted by Crippen LogP contribution is -2.53. The van der Waals surface area contributed by atoms with Gasteiger partial charge in [0.25, 0.3) is 0 Å². The highest BCUT2D eigenvalue weighted by atomic mass is 19.1. The molecule has 0 unspecified atom stereocenters.